The van der Waals surface area contributed by atoms with Crippen molar-refractivity contribution in [2.45, 2.75) is 94.9 Å². The highest BCUT2D eigenvalue weighted by molar-refractivity contribution is 5.51. The second-order valence-electron chi connectivity index (χ2n) is 9.35. The molecule has 0 aromatic heterocycles. The van der Waals surface area contributed by atoms with E-state index in [0.29, 0.717) is 23.7 Å². The largest absolute Gasteiger partial charge is 0.0776 e. The molecule has 0 aliphatic heterocycles. The lowest BCUT2D eigenvalue weighted by molar-refractivity contribution is 0.381. The summed E-state index contributed by atoms with van der Waals surface area (Å²) in [5.41, 5.74) is 11.1. The molecule has 4 aliphatic carbocycles. The third kappa shape index (κ3) is 2.87. The average molecular weight is 357 g/mol. The van der Waals surface area contributed by atoms with Crippen molar-refractivity contribution in [1.82, 2.24) is 0 Å². The van der Waals surface area contributed by atoms with Gasteiger partial charge < -0.3 is 0 Å². The van der Waals surface area contributed by atoms with Crippen molar-refractivity contribution in [3.8, 4) is 0 Å². The summed E-state index contributed by atoms with van der Waals surface area (Å²) in [4.78, 5) is 0. The van der Waals surface area contributed by atoms with Crippen molar-refractivity contribution in [2.24, 2.45) is 35.5 Å². The molecule has 0 N–H and O–H groups in total. The molecule has 4 aliphatic rings. The molecule has 0 aromatic carbocycles. The molecule has 0 heteroatoms. The van der Waals surface area contributed by atoms with Gasteiger partial charge in [-0.1, -0.05) is 89.8 Å². The van der Waals surface area contributed by atoms with Gasteiger partial charge in [0.2, 0.25) is 0 Å². The predicted molar refractivity (Wildman–Crippen MR) is 117 cm³/mol. The Morgan fingerprint density at radius 2 is 0.846 bits per heavy atom. The van der Waals surface area contributed by atoms with E-state index in [1.165, 1.54) is 38.5 Å². The molecule has 26 heavy (non-hydrogen) atoms. The Morgan fingerprint density at radius 3 is 1.23 bits per heavy atom. The van der Waals surface area contributed by atoms with Crippen LogP contribution >= 0.6 is 0 Å². The number of allylic oxidation sites excluding steroid dienone is 6. The van der Waals surface area contributed by atoms with Gasteiger partial charge in [0.25, 0.3) is 0 Å². The van der Waals surface area contributed by atoms with Gasteiger partial charge in [-0.05, 0) is 74.0 Å². The lowest BCUT2D eigenvalue weighted by Crippen LogP contribution is -2.36. The molecule has 0 bridgehead atoms. The maximum absolute atomic E-state index is 2.54. The zero-order valence-corrected chi connectivity index (χ0v) is 16.7. The topological polar surface area (TPSA) is 0 Å². The van der Waals surface area contributed by atoms with Crippen LogP contribution in [0.5, 0.6) is 0 Å². The average Bonchev–Trinajstić information content (AvgIpc) is 2.55. The maximum Gasteiger partial charge on any atom is -0.000685 e. The normalized spacial score (nSPS) is 39.5. The monoisotopic (exact) mass is 356 g/mol. The Bertz CT molecular complexity index is 587. The van der Waals surface area contributed by atoms with Gasteiger partial charge in [-0.15, -0.1) is 0 Å². The van der Waals surface area contributed by atoms with Crippen LogP contribution < -0.4 is 0 Å². The first-order chi connectivity index (χ1) is 11.4. The van der Waals surface area contributed by atoms with E-state index in [4.69, 9.17) is 0 Å². The van der Waals surface area contributed by atoms with Crippen molar-refractivity contribution in [1.29, 1.82) is 0 Å². The van der Waals surface area contributed by atoms with E-state index < -0.39 is 0 Å². The highest BCUT2D eigenvalue weighted by Crippen LogP contribution is 2.57. The van der Waals surface area contributed by atoms with Crippen molar-refractivity contribution >= 4 is 0 Å². The van der Waals surface area contributed by atoms with Gasteiger partial charge in [0.05, 0.1) is 0 Å². The number of hydrogen-bond donors (Lipinski definition) is 0. The van der Waals surface area contributed by atoms with E-state index in [-0.39, 0.29) is 14.9 Å². The lowest BCUT2D eigenvalue weighted by atomic mass is 9.56. The molecule has 0 amide bonds. The van der Waals surface area contributed by atoms with Gasteiger partial charge in [-0.25, -0.2) is 0 Å². The minimum Gasteiger partial charge on any atom is -0.0776 e. The Morgan fingerprint density at radius 1 is 0.500 bits per heavy atom. The SMILES string of the molecule is C.C.CC1CCCC2=C1C(C)C1=C(C2C)C(C)C2=C(C(C)CCC2)C1C. The molecule has 0 heterocycles. The van der Waals surface area contributed by atoms with Crippen molar-refractivity contribution in [3.05, 3.63) is 33.4 Å². The molecule has 6 atom stereocenters. The Hall–Kier alpha value is -0.780. The van der Waals surface area contributed by atoms with Gasteiger partial charge in [0, 0.05) is 0 Å². The van der Waals surface area contributed by atoms with Crippen LogP contribution in [0.2, 0.25) is 0 Å². The summed E-state index contributed by atoms with van der Waals surface area (Å²) >= 11 is 0. The van der Waals surface area contributed by atoms with Gasteiger partial charge in [0.15, 0.2) is 0 Å². The molecule has 6 unspecified atom stereocenters. The first-order valence-corrected chi connectivity index (χ1v) is 10.6. The molecule has 0 fully saturated rings. The van der Waals surface area contributed by atoms with Crippen LogP contribution in [0, 0.1) is 35.5 Å². The van der Waals surface area contributed by atoms with Crippen LogP contribution in [0.25, 0.3) is 0 Å². The fraction of sp³-hybridized carbons (Fsp3) is 0.769. The van der Waals surface area contributed by atoms with Gasteiger partial charge >= 0.3 is 0 Å². The second kappa shape index (κ2) is 7.69. The fourth-order valence-electron chi connectivity index (χ4n) is 7.23. The highest BCUT2D eigenvalue weighted by atomic mass is 14.5. The lowest BCUT2D eigenvalue weighted by Gasteiger charge is -2.49. The summed E-state index contributed by atoms with van der Waals surface area (Å²) < 4.78 is 0. The molecular weight excluding hydrogens is 312 g/mol. The first kappa shape index (κ1) is 21.5. The van der Waals surface area contributed by atoms with Gasteiger partial charge in [0.1, 0.15) is 0 Å². The van der Waals surface area contributed by atoms with E-state index in [1.807, 2.05) is 33.4 Å². The van der Waals surface area contributed by atoms with E-state index in [9.17, 15) is 0 Å². The summed E-state index contributed by atoms with van der Waals surface area (Å²) in [6.07, 6.45) is 8.37. The smallest absolute Gasteiger partial charge is 0.000685 e. The van der Waals surface area contributed by atoms with E-state index in [1.54, 1.807) is 0 Å². The summed E-state index contributed by atoms with van der Waals surface area (Å²) in [6.45, 7) is 15.1. The zero-order chi connectivity index (χ0) is 17.2. The van der Waals surface area contributed by atoms with Gasteiger partial charge in [-0.2, -0.15) is 0 Å². The number of rotatable bonds is 0. The Kier molecular flexibility index (Phi) is 6.36. The quantitative estimate of drug-likeness (QED) is 0.382. The summed E-state index contributed by atoms with van der Waals surface area (Å²) in [5, 5.41) is 0. The first-order valence-electron chi connectivity index (χ1n) is 10.6. The summed E-state index contributed by atoms with van der Waals surface area (Å²) in [5.74, 6) is 4.42. The molecular formula is C26H44. The third-order valence-electron chi connectivity index (χ3n) is 8.15. The Labute approximate surface area is 164 Å². The molecule has 0 nitrogen and oxygen atoms in total. The van der Waals surface area contributed by atoms with Crippen molar-refractivity contribution in [3.63, 3.8) is 0 Å². The maximum atomic E-state index is 2.54. The fourth-order valence-corrected chi connectivity index (χ4v) is 7.23. The van der Waals surface area contributed by atoms with Crippen molar-refractivity contribution in [2.75, 3.05) is 0 Å². The van der Waals surface area contributed by atoms with E-state index in [0.717, 1.165) is 11.8 Å². The standard InChI is InChI=1S/C24H36.2CH4/c1-13-9-7-11-19-15(3)23-16(4)20-12-8-10-14(2)22(20)18(6)24(23)17(5)21(13)19;;/h13-18H,7-12H2,1-6H3;2*1H4. The van der Waals surface area contributed by atoms with Crippen molar-refractivity contribution < 1.29 is 0 Å². The molecule has 0 radical (unpaired) electrons. The van der Waals surface area contributed by atoms with Crippen LogP contribution in [0.15, 0.2) is 33.4 Å². The summed E-state index contributed by atoms with van der Waals surface area (Å²) in [7, 11) is 0. The third-order valence-corrected chi connectivity index (χ3v) is 8.15. The van der Waals surface area contributed by atoms with E-state index in [2.05, 4.69) is 41.5 Å². The summed E-state index contributed by atoms with van der Waals surface area (Å²) in [6, 6.07) is 0. The minimum absolute atomic E-state index is 0. The zero-order valence-electron chi connectivity index (χ0n) is 16.7. The van der Waals surface area contributed by atoms with E-state index >= 15 is 0 Å². The highest BCUT2D eigenvalue weighted by Gasteiger charge is 2.44. The van der Waals surface area contributed by atoms with Crippen LogP contribution in [0.1, 0.15) is 94.9 Å². The van der Waals surface area contributed by atoms with Gasteiger partial charge in [-0.3, -0.25) is 0 Å². The molecule has 4 rings (SSSR count). The minimum atomic E-state index is 0. The molecule has 0 saturated heterocycles. The van der Waals surface area contributed by atoms with Crippen LogP contribution in [-0.4, -0.2) is 0 Å². The predicted octanol–water partition coefficient (Wildman–Crippen LogP) is 8.36. The number of hydrogen-bond acceptors (Lipinski definition) is 0. The van der Waals surface area contributed by atoms with Crippen LogP contribution in [-0.2, 0) is 0 Å². The molecule has 0 saturated carbocycles. The molecule has 0 aromatic rings. The molecule has 0 spiro atoms. The Balaban J connectivity index is 0.00000121. The van der Waals surface area contributed by atoms with Crippen LogP contribution in [0.4, 0.5) is 0 Å². The van der Waals surface area contributed by atoms with Crippen LogP contribution in [0.3, 0.4) is 0 Å². The second-order valence-corrected chi connectivity index (χ2v) is 9.35. The molecule has 148 valence electrons.